The minimum absolute atomic E-state index is 0.0193. The number of para-hydroxylation sites is 2. The molecule has 1 aliphatic heterocycles. The Kier molecular flexibility index (Phi) is 7.95. The van der Waals surface area contributed by atoms with Gasteiger partial charge < -0.3 is 29.7 Å². The lowest BCUT2D eigenvalue weighted by molar-refractivity contribution is -0.117. The van der Waals surface area contributed by atoms with E-state index in [0.717, 1.165) is 30.0 Å². The molecule has 1 saturated heterocycles. The van der Waals surface area contributed by atoms with Crippen molar-refractivity contribution in [3.8, 4) is 17.6 Å². The normalized spacial score (nSPS) is 14.8. The molecule has 0 aromatic heterocycles. The number of rotatable bonds is 8. The number of amides is 1. The van der Waals surface area contributed by atoms with Crippen molar-refractivity contribution in [2.75, 3.05) is 50.7 Å². The number of hydrogen-bond donors (Lipinski definition) is 2. The van der Waals surface area contributed by atoms with Gasteiger partial charge in [0.15, 0.2) is 11.5 Å². The van der Waals surface area contributed by atoms with Crippen LogP contribution in [0, 0.1) is 11.3 Å². The van der Waals surface area contributed by atoms with Crippen LogP contribution in [0.25, 0.3) is 0 Å². The SMILES string of the molecule is COc1ccc(C(C)NC(=O)/C(C#N)=C\Nc2ccccc2N2CCOCC2)cc1OC. The molecule has 8 nitrogen and oxygen atoms in total. The number of nitrogens with zero attached hydrogens (tertiary/aromatic N) is 2. The van der Waals surface area contributed by atoms with Crippen LogP contribution in [0.2, 0.25) is 0 Å². The summed E-state index contributed by atoms with van der Waals surface area (Å²) in [6.45, 7) is 4.76. The molecule has 0 saturated carbocycles. The predicted octanol–water partition coefficient (Wildman–Crippen LogP) is 3.24. The number of anilines is 2. The van der Waals surface area contributed by atoms with Gasteiger partial charge in [-0.15, -0.1) is 0 Å². The van der Waals surface area contributed by atoms with Gasteiger partial charge >= 0.3 is 0 Å². The molecule has 0 spiro atoms. The highest BCUT2D eigenvalue weighted by Gasteiger charge is 2.17. The van der Waals surface area contributed by atoms with Crippen LogP contribution >= 0.6 is 0 Å². The molecule has 0 aliphatic carbocycles. The molecule has 2 aromatic carbocycles. The van der Waals surface area contributed by atoms with Crippen molar-refractivity contribution >= 4 is 17.3 Å². The zero-order valence-corrected chi connectivity index (χ0v) is 18.6. The molecule has 32 heavy (non-hydrogen) atoms. The van der Waals surface area contributed by atoms with Gasteiger partial charge in [-0.1, -0.05) is 18.2 Å². The molecule has 2 N–H and O–H groups in total. The van der Waals surface area contributed by atoms with E-state index in [2.05, 4.69) is 15.5 Å². The summed E-state index contributed by atoms with van der Waals surface area (Å²) in [4.78, 5) is 14.9. The molecular formula is C24H28N4O4. The Bertz CT molecular complexity index is 1010. The summed E-state index contributed by atoms with van der Waals surface area (Å²) in [5.74, 6) is 0.713. The Hall–Kier alpha value is -3.70. The third kappa shape index (κ3) is 5.50. The Morgan fingerprint density at radius 1 is 1.16 bits per heavy atom. The third-order valence-corrected chi connectivity index (χ3v) is 5.25. The van der Waals surface area contributed by atoms with Crippen LogP contribution in [0.1, 0.15) is 18.5 Å². The van der Waals surface area contributed by atoms with Crippen LogP contribution in [0.15, 0.2) is 54.2 Å². The first-order chi connectivity index (χ1) is 15.6. The zero-order valence-electron chi connectivity index (χ0n) is 18.6. The smallest absolute Gasteiger partial charge is 0.263 e. The maximum absolute atomic E-state index is 12.7. The first-order valence-corrected chi connectivity index (χ1v) is 10.4. The van der Waals surface area contributed by atoms with Crippen molar-refractivity contribution in [3.05, 3.63) is 59.8 Å². The van der Waals surface area contributed by atoms with E-state index in [1.807, 2.05) is 43.3 Å². The summed E-state index contributed by atoms with van der Waals surface area (Å²) in [5.41, 5.74) is 2.64. The van der Waals surface area contributed by atoms with Crippen molar-refractivity contribution in [3.63, 3.8) is 0 Å². The van der Waals surface area contributed by atoms with Gasteiger partial charge in [0.1, 0.15) is 11.6 Å². The second-order valence-corrected chi connectivity index (χ2v) is 7.24. The standard InChI is InChI=1S/C24H28N4O4/c1-17(18-8-9-22(30-2)23(14-18)31-3)27-24(29)19(15-25)16-26-20-6-4-5-7-21(20)28-10-12-32-13-11-28/h4-9,14,16-17,26H,10-13H2,1-3H3,(H,27,29)/b19-16-. The second-order valence-electron chi connectivity index (χ2n) is 7.24. The van der Waals surface area contributed by atoms with E-state index in [1.165, 1.54) is 6.20 Å². The Morgan fingerprint density at radius 3 is 2.56 bits per heavy atom. The summed E-state index contributed by atoms with van der Waals surface area (Å²) in [7, 11) is 3.12. The highest BCUT2D eigenvalue weighted by atomic mass is 16.5. The van der Waals surface area contributed by atoms with Crippen LogP contribution < -0.4 is 25.0 Å². The number of methoxy groups -OCH3 is 2. The van der Waals surface area contributed by atoms with Gasteiger partial charge in [-0.25, -0.2) is 0 Å². The van der Waals surface area contributed by atoms with Crippen molar-refractivity contribution in [2.24, 2.45) is 0 Å². The number of morpholine rings is 1. The van der Waals surface area contributed by atoms with Gasteiger partial charge in [0.2, 0.25) is 0 Å². The number of ether oxygens (including phenoxy) is 3. The minimum atomic E-state index is -0.467. The summed E-state index contributed by atoms with van der Waals surface area (Å²) >= 11 is 0. The summed E-state index contributed by atoms with van der Waals surface area (Å²) in [6.07, 6.45) is 1.44. The summed E-state index contributed by atoms with van der Waals surface area (Å²) in [6, 6.07) is 14.9. The van der Waals surface area contributed by atoms with E-state index in [0.29, 0.717) is 24.7 Å². The van der Waals surface area contributed by atoms with Crippen LogP contribution in [0.4, 0.5) is 11.4 Å². The molecule has 2 aromatic rings. The maximum Gasteiger partial charge on any atom is 0.263 e. The van der Waals surface area contributed by atoms with Crippen LogP contribution in [-0.2, 0) is 9.53 Å². The number of carbonyl (C=O) groups excluding carboxylic acids is 1. The van der Waals surface area contributed by atoms with E-state index in [1.54, 1.807) is 26.4 Å². The molecule has 168 valence electrons. The molecule has 8 heteroatoms. The van der Waals surface area contributed by atoms with Gasteiger partial charge in [-0.3, -0.25) is 4.79 Å². The number of hydrogen-bond acceptors (Lipinski definition) is 7. The van der Waals surface area contributed by atoms with Gasteiger partial charge in [0.05, 0.1) is 44.8 Å². The Morgan fingerprint density at radius 2 is 1.88 bits per heavy atom. The molecule has 1 fully saturated rings. The first-order valence-electron chi connectivity index (χ1n) is 10.4. The van der Waals surface area contributed by atoms with Crippen molar-refractivity contribution in [1.82, 2.24) is 5.32 Å². The third-order valence-electron chi connectivity index (χ3n) is 5.25. The lowest BCUT2D eigenvalue weighted by Crippen LogP contribution is -2.36. The molecule has 3 rings (SSSR count). The van der Waals surface area contributed by atoms with Crippen molar-refractivity contribution in [1.29, 1.82) is 5.26 Å². The van der Waals surface area contributed by atoms with E-state index in [4.69, 9.17) is 14.2 Å². The monoisotopic (exact) mass is 436 g/mol. The fourth-order valence-corrected chi connectivity index (χ4v) is 3.45. The average Bonchev–Trinajstić information content (AvgIpc) is 2.84. The Labute approximate surface area is 188 Å². The highest BCUT2D eigenvalue weighted by molar-refractivity contribution is 5.98. The van der Waals surface area contributed by atoms with E-state index in [9.17, 15) is 10.1 Å². The lowest BCUT2D eigenvalue weighted by atomic mass is 10.1. The molecule has 0 bridgehead atoms. The molecule has 1 amide bonds. The molecular weight excluding hydrogens is 408 g/mol. The zero-order chi connectivity index (χ0) is 22.9. The largest absolute Gasteiger partial charge is 0.493 e. The van der Waals surface area contributed by atoms with Crippen molar-refractivity contribution in [2.45, 2.75) is 13.0 Å². The average molecular weight is 437 g/mol. The van der Waals surface area contributed by atoms with Gasteiger partial charge in [0, 0.05) is 19.3 Å². The quantitative estimate of drug-likeness (QED) is 0.484. The molecule has 1 unspecified atom stereocenters. The molecule has 0 radical (unpaired) electrons. The van der Waals surface area contributed by atoms with Gasteiger partial charge in [-0.2, -0.15) is 5.26 Å². The summed E-state index contributed by atoms with van der Waals surface area (Å²) in [5, 5.41) is 15.5. The predicted molar refractivity (Wildman–Crippen MR) is 123 cm³/mol. The number of benzene rings is 2. The number of nitriles is 1. The van der Waals surface area contributed by atoms with Crippen LogP contribution in [0.5, 0.6) is 11.5 Å². The second kappa shape index (κ2) is 11.1. The van der Waals surface area contributed by atoms with E-state index in [-0.39, 0.29) is 11.6 Å². The first kappa shape index (κ1) is 23.0. The summed E-state index contributed by atoms with van der Waals surface area (Å²) < 4.78 is 16.0. The number of nitrogens with one attached hydrogen (secondary N) is 2. The minimum Gasteiger partial charge on any atom is -0.493 e. The van der Waals surface area contributed by atoms with Gasteiger partial charge in [0.25, 0.3) is 5.91 Å². The highest BCUT2D eigenvalue weighted by Crippen LogP contribution is 2.30. The van der Waals surface area contributed by atoms with Gasteiger partial charge in [-0.05, 0) is 36.8 Å². The topological polar surface area (TPSA) is 95.8 Å². The Balaban J connectivity index is 1.71. The molecule has 1 heterocycles. The molecule has 1 aliphatic rings. The number of carbonyl (C=O) groups is 1. The maximum atomic E-state index is 12.7. The van der Waals surface area contributed by atoms with Crippen LogP contribution in [0.3, 0.4) is 0 Å². The molecule has 1 atom stereocenters. The van der Waals surface area contributed by atoms with E-state index < -0.39 is 5.91 Å². The van der Waals surface area contributed by atoms with Crippen molar-refractivity contribution < 1.29 is 19.0 Å². The fourth-order valence-electron chi connectivity index (χ4n) is 3.45. The van der Waals surface area contributed by atoms with E-state index >= 15 is 0 Å². The fraction of sp³-hybridized carbons (Fsp3) is 0.333. The lowest BCUT2D eigenvalue weighted by Gasteiger charge is -2.30. The van der Waals surface area contributed by atoms with Crippen LogP contribution in [-0.4, -0.2) is 46.4 Å².